The number of aromatic amines is 1. The number of hydrogen-bond donors (Lipinski definition) is 1. The number of nitrogens with zero attached hydrogens (tertiary/aromatic N) is 5. The highest BCUT2D eigenvalue weighted by Crippen LogP contribution is 2.32. The molecule has 0 saturated heterocycles. The molecule has 6 rings (SSSR count). The molecule has 0 saturated carbocycles. The molecular weight excluding hydrogens is 404 g/mol. The van der Waals surface area contributed by atoms with Crippen molar-refractivity contribution < 1.29 is 0 Å². The molecule has 1 N–H and O–H groups in total. The minimum Gasteiger partial charge on any atom is -0.338 e. The number of benzene rings is 3. The van der Waals surface area contributed by atoms with Crippen molar-refractivity contribution in [2.45, 2.75) is 0 Å². The Hall–Kier alpha value is -4.10. The Bertz CT molecular complexity index is 1380. The van der Waals surface area contributed by atoms with E-state index in [2.05, 4.69) is 39.3 Å². The molecule has 6 nitrogen and oxygen atoms in total. The largest absolute Gasteiger partial charge is 0.338 e. The Morgan fingerprint density at radius 3 is 2.45 bits per heavy atom. The van der Waals surface area contributed by atoms with Crippen LogP contribution >= 0.6 is 11.3 Å². The van der Waals surface area contributed by atoms with E-state index in [0.717, 1.165) is 48.9 Å². The molecule has 6 aromatic rings. The van der Waals surface area contributed by atoms with Crippen LogP contribution in [0.1, 0.15) is 16.4 Å². The van der Waals surface area contributed by atoms with E-state index >= 15 is 0 Å². The molecule has 0 spiro atoms. The van der Waals surface area contributed by atoms with Crippen LogP contribution in [0, 0.1) is 0 Å². The molecule has 7 heteroatoms. The molecule has 31 heavy (non-hydrogen) atoms. The highest BCUT2D eigenvalue weighted by atomic mass is 32.1. The molecule has 0 atom stereocenters. The molecule has 3 heterocycles. The highest BCUT2D eigenvalue weighted by molar-refractivity contribution is 7.19. The number of aromatic nitrogens is 6. The van der Waals surface area contributed by atoms with Gasteiger partial charge in [0.05, 0.1) is 32.5 Å². The van der Waals surface area contributed by atoms with Gasteiger partial charge >= 0.3 is 0 Å². The van der Waals surface area contributed by atoms with Gasteiger partial charge < -0.3 is 4.98 Å². The molecule has 0 aliphatic heterocycles. The minimum absolute atomic E-state index is 0.806. The number of fused-ring (bicyclic) bond motifs is 2. The van der Waals surface area contributed by atoms with Gasteiger partial charge in [-0.1, -0.05) is 36.4 Å². The van der Waals surface area contributed by atoms with Crippen molar-refractivity contribution in [3.63, 3.8) is 0 Å². The molecule has 0 aliphatic rings. The summed E-state index contributed by atoms with van der Waals surface area (Å²) in [6.07, 6.45) is 5.34. The van der Waals surface area contributed by atoms with Crippen molar-refractivity contribution in [1.82, 2.24) is 29.7 Å². The summed E-state index contributed by atoms with van der Waals surface area (Å²) in [5, 5.41) is 5.12. The lowest BCUT2D eigenvalue weighted by atomic mass is 10.1. The van der Waals surface area contributed by atoms with Gasteiger partial charge in [-0.3, -0.25) is 0 Å². The molecule has 0 amide bonds. The Morgan fingerprint density at radius 2 is 1.68 bits per heavy atom. The second-order valence-electron chi connectivity index (χ2n) is 7.08. The smallest absolute Gasteiger partial charge is 0.141 e. The lowest BCUT2D eigenvalue weighted by molar-refractivity contribution is 0.879. The van der Waals surface area contributed by atoms with E-state index < -0.39 is 0 Å². The van der Waals surface area contributed by atoms with E-state index in [1.54, 1.807) is 22.3 Å². The average Bonchev–Trinajstić information content (AvgIpc) is 3.57. The highest BCUT2D eigenvalue weighted by Gasteiger charge is 2.15. The van der Waals surface area contributed by atoms with Gasteiger partial charge in [0.1, 0.15) is 23.5 Å². The quantitative estimate of drug-likeness (QED) is 0.418. The van der Waals surface area contributed by atoms with Crippen molar-refractivity contribution in [2.75, 3.05) is 0 Å². The molecule has 3 aromatic heterocycles. The fourth-order valence-corrected chi connectivity index (χ4v) is 4.51. The first-order chi connectivity index (χ1) is 15.3. The average molecular weight is 421 g/mol. The lowest BCUT2D eigenvalue weighted by Gasteiger charge is -2.04. The Balaban J connectivity index is 1.49. The van der Waals surface area contributed by atoms with E-state index in [1.165, 1.54) is 6.33 Å². The molecule has 0 unspecified atom stereocenters. The summed E-state index contributed by atoms with van der Waals surface area (Å²) in [7, 11) is 0. The maximum absolute atomic E-state index is 4.88. The summed E-state index contributed by atoms with van der Waals surface area (Å²) >= 11 is 1.67. The first kappa shape index (κ1) is 17.7. The Kier molecular flexibility index (Phi) is 4.18. The molecule has 0 bridgehead atoms. The van der Waals surface area contributed by atoms with E-state index in [4.69, 9.17) is 9.97 Å². The van der Waals surface area contributed by atoms with Gasteiger partial charge in [0, 0.05) is 0 Å². The number of rotatable bonds is 4. The second-order valence-corrected chi connectivity index (χ2v) is 8.11. The molecule has 148 valence electrons. The number of imidazole rings is 1. The van der Waals surface area contributed by atoms with Gasteiger partial charge in [0.25, 0.3) is 0 Å². The normalized spacial score (nSPS) is 12.1. The van der Waals surface area contributed by atoms with Gasteiger partial charge in [-0.2, -0.15) is 5.10 Å². The monoisotopic (exact) mass is 420 g/mol. The van der Waals surface area contributed by atoms with Gasteiger partial charge in [-0.25, -0.2) is 19.6 Å². The van der Waals surface area contributed by atoms with Gasteiger partial charge in [-0.05, 0) is 48.0 Å². The van der Waals surface area contributed by atoms with E-state index in [0.29, 0.717) is 0 Å². The third kappa shape index (κ3) is 3.31. The van der Waals surface area contributed by atoms with Crippen LogP contribution in [0.2, 0.25) is 0 Å². The van der Waals surface area contributed by atoms with Crippen LogP contribution in [-0.2, 0) is 0 Å². The van der Waals surface area contributed by atoms with Crippen molar-refractivity contribution in [3.8, 4) is 5.69 Å². The molecule has 3 aromatic carbocycles. The molecular formula is C24H16N6S. The summed E-state index contributed by atoms with van der Waals surface area (Å²) in [6.45, 7) is 0. The lowest BCUT2D eigenvalue weighted by Crippen LogP contribution is -1.94. The summed E-state index contributed by atoms with van der Waals surface area (Å²) in [5.41, 5.74) is 5.91. The van der Waals surface area contributed by atoms with Crippen LogP contribution in [0.15, 0.2) is 85.5 Å². The van der Waals surface area contributed by atoms with Crippen molar-refractivity contribution in [2.24, 2.45) is 0 Å². The molecule has 0 radical (unpaired) electrons. The Labute approximate surface area is 181 Å². The molecule has 0 aliphatic carbocycles. The zero-order valence-electron chi connectivity index (χ0n) is 16.3. The zero-order valence-corrected chi connectivity index (χ0v) is 17.1. The summed E-state index contributed by atoms with van der Waals surface area (Å²) in [4.78, 5) is 17.2. The maximum Gasteiger partial charge on any atom is 0.141 e. The van der Waals surface area contributed by atoms with Crippen LogP contribution in [0.5, 0.6) is 0 Å². The summed E-state index contributed by atoms with van der Waals surface area (Å²) in [5.74, 6) is 0.806. The Morgan fingerprint density at radius 1 is 0.871 bits per heavy atom. The van der Waals surface area contributed by atoms with E-state index in [-0.39, 0.29) is 0 Å². The molecule has 0 fully saturated rings. The number of nitrogens with one attached hydrogen (secondary N) is 1. The fraction of sp³-hybridized carbons (Fsp3) is 0. The first-order valence-corrected chi connectivity index (χ1v) is 10.6. The van der Waals surface area contributed by atoms with E-state index in [9.17, 15) is 0 Å². The van der Waals surface area contributed by atoms with Gasteiger partial charge in [-0.15, -0.1) is 11.3 Å². The van der Waals surface area contributed by atoms with Crippen molar-refractivity contribution in [3.05, 3.63) is 102 Å². The van der Waals surface area contributed by atoms with Crippen molar-refractivity contribution in [1.29, 1.82) is 0 Å². The maximum atomic E-state index is 4.88. The first-order valence-electron chi connectivity index (χ1n) is 9.81. The third-order valence-corrected chi connectivity index (χ3v) is 6.13. The topological polar surface area (TPSA) is 72.3 Å². The van der Waals surface area contributed by atoms with Crippen LogP contribution < -0.4 is 0 Å². The number of H-pyrrole nitrogens is 1. The van der Waals surface area contributed by atoms with Crippen LogP contribution in [0.3, 0.4) is 0 Å². The zero-order chi connectivity index (χ0) is 20.6. The van der Waals surface area contributed by atoms with Gasteiger partial charge in [0.2, 0.25) is 0 Å². The van der Waals surface area contributed by atoms with Crippen LogP contribution in [-0.4, -0.2) is 29.7 Å². The fourth-order valence-electron chi connectivity index (χ4n) is 3.53. The van der Waals surface area contributed by atoms with Crippen LogP contribution in [0.4, 0.5) is 0 Å². The predicted molar refractivity (Wildman–Crippen MR) is 124 cm³/mol. The third-order valence-electron chi connectivity index (χ3n) is 5.06. The van der Waals surface area contributed by atoms with Gasteiger partial charge in [0.15, 0.2) is 0 Å². The second kappa shape index (κ2) is 7.30. The predicted octanol–water partition coefficient (Wildman–Crippen LogP) is 5.34. The number of thiazole rings is 1. The van der Waals surface area contributed by atoms with Crippen LogP contribution in [0.25, 0.3) is 38.6 Å². The summed E-state index contributed by atoms with van der Waals surface area (Å²) < 4.78 is 2.89. The number of hydrogen-bond acceptors (Lipinski definition) is 5. The van der Waals surface area contributed by atoms with E-state index in [1.807, 2.05) is 54.6 Å². The number of para-hydroxylation sites is 3. The standard InChI is InChI=1S/C24H16N6S/c1-2-6-20-19(5-1)27-23(28-20)18(24-29-21-7-3-4-8-22(21)31-24)13-16-9-11-17(12-10-16)30-15-25-14-26-30/h1-15H,(H,27,28)/b18-13-. The van der Waals surface area contributed by atoms with Crippen molar-refractivity contribution >= 4 is 44.2 Å². The summed E-state index contributed by atoms with van der Waals surface area (Å²) in [6, 6.07) is 24.4. The minimum atomic E-state index is 0.806. The SMILES string of the molecule is C(=C(\c1nc2ccccc2[nH]1)c1nc2ccccc2s1)/c1ccc(-n2cncn2)cc1.